The summed E-state index contributed by atoms with van der Waals surface area (Å²) >= 11 is 7.53. The Balaban J connectivity index is 2.08. The van der Waals surface area contributed by atoms with Crippen LogP contribution in [0.15, 0.2) is 70.2 Å². The van der Waals surface area contributed by atoms with Gasteiger partial charge in [0.25, 0.3) is 0 Å². The second-order valence-corrected chi connectivity index (χ2v) is 8.04. The molecular weight excluding hydrogens is 420 g/mol. The van der Waals surface area contributed by atoms with Crippen LogP contribution in [-0.2, 0) is 9.59 Å². The van der Waals surface area contributed by atoms with Gasteiger partial charge in [0.15, 0.2) is 0 Å². The molecular formula is C22H19ClN4O2S. The van der Waals surface area contributed by atoms with Crippen LogP contribution in [0.1, 0.15) is 18.4 Å². The predicted molar refractivity (Wildman–Crippen MR) is 120 cm³/mol. The maximum absolute atomic E-state index is 13.3. The number of nitrogens with one attached hydrogen (secondary N) is 1. The van der Waals surface area contributed by atoms with Crippen molar-refractivity contribution in [3.8, 4) is 6.07 Å². The van der Waals surface area contributed by atoms with Crippen molar-refractivity contribution in [2.24, 2.45) is 16.6 Å². The van der Waals surface area contributed by atoms with E-state index in [9.17, 15) is 14.9 Å². The number of nitrogens with zero attached hydrogens (tertiary/aromatic N) is 2. The summed E-state index contributed by atoms with van der Waals surface area (Å²) in [6, 6.07) is 18.4. The van der Waals surface area contributed by atoms with Crippen LogP contribution in [0.3, 0.4) is 0 Å². The van der Waals surface area contributed by atoms with Gasteiger partial charge in [-0.15, -0.1) is 0 Å². The van der Waals surface area contributed by atoms with E-state index in [0.717, 1.165) is 11.8 Å². The molecule has 0 fully saturated rings. The maximum Gasteiger partial charge on any atom is 0.234 e. The van der Waals surface area contributed by atoms with Crippen molar-refractivity contribution >= 4 is 46.6 Å². The number of rotatable bonds is 6. The van der Waals surface area contributed by atoms with Gasteiger partial charge >= 0.3 is 0 Å². The van der Waals surface area contributed by atoms with Crippen molar-refractivity contribution in [1.29, 1.82) is 5.26 Å². The van der Waals surface area contributed by atoms with Gasteiger partial charge in [0.1, 0.15) is 5.03 Å². The Hall–Kier alpha value is -3.08. The molecule has 0 aliphatic carbocycles. The van der Waals surface area contributed by atoms with Crippen LogP contribution in [-0.4, -0.2) is 23.3 Å². The number of nitriles is 1. The molecule has 2 aromatic rings. The van der Waals surface area contributed by atoms with Crippen molar-refractivity contribution in [2.75, 3.05) is 11.1 Å². The molecule has 0 aromatic heterocycles. The summed E-state index contributed by atoms with van der Waals surface area (Å²) in [7, 11) is 0. The second kappa shape index (κ2) is 9.61. The molecule has 0 bridgehead atoms. The lowest BCUT2D eigenvalue weighted by Crippen LogP contribution is -2.36. The number of hydrogen-bond donors (Lipinski definition) is 2. The summed E-state index contributed by atoms with van der Waals surface area (Å²) in [6.45, 7) is 1.73. The molecule has 1 heterocycles. The van der Waals surface area contributed by atoms with Gasteiger partial charge in [0.05, 0.1) is 23.3 Å². The Bertz CT molecular complexity index is 1080. The van der Waals surface area contributed by atoms with E-state index in [1.807, 2.05) is 18.2 Å². The van der Waals surface area contributed by atoms with Crippen LogP contribution in [0.5, 0.6) is 0 Å². The fourth-order valence-electron chi connectivity index (χ4n) is 3.34. The van der Waals surface area contributed by atoms with Gasteiger partial charge in [0, 0.05) is 22.3 Å². The molecule has 3 rings (SSSR count). The molecule has 0 saturated carbocycles. The number of benzene rings is 2. The molecule has 152 valence electrons. The van der Waals surface area contributed by atoms with Gasteiger partial charge < -0.3 is 11.1 Å². The zero-order valence-corrected chi connectivity index (χ0v) is 17.7. The number of carbonyl (C=O) groups excluding carboxylic acids is 2. The molecule has 2 atom stereocenters. The molecule has 0 spiro atoms. The monoisotopic (exact) mass is 438 g/mol. The van der Waals surface area contributed by atoms with Crippen LogP contribution >= 0.6 is 23.4 Å². The molecule has 1 aliphatic heterocycles. The van der Waals surface area contributed by atoms with E-state index >= 15 is 0 Å². The average Bonchev–Trinajstić information content (AvgIpc) is 2.72. The molecule has 1 aliphatic rings. The Labute approximate surface area is 183 Å². The standard InChI is InChI=1S/C22H19ClN4O2S/c1-13-19(21(29)27-14-7-3-2-4-8-14)20(15-9-5-6-10-17(15)23)16(11-24)22(26-13)30-12-18(25)28/h2-10,19-20H,12H2,1H3,(H2,25,28)(H,27,29)/t19?,20-/m0/s1. The van der Waals surface area contributed by atoms with Crippen LogP contribution in [0, 0.1) is 17.2 Å². The number of halogens is 1. The lowest BCUT2D eigenvalue weighted by Gasteiger charge is -2.31. The molecule has 1 unspecified atom stereocenters. The highest BCUT2D eigenvalue weighted by Gasteiger charge is 2.40. The van der Waals surface area contributed by atoms with Crippen molar-refractivity contribution in [2.45, 2.75) is 12.8 Å². The average molecular weight is 439 g/mol. The quantitative estimate of drug-likeness (QED) is 0.707. The number of carbonyl (C=O) groups is 2. The van der Waals surface area contributed by atoms with E-state index in [2.05, 4.69) is 16.4 Å². The minimum absolute atomic E-state index is 0.0204. The van der Waals surface area contributed by atoms with E-state index < -0.39 is 17.7 Å². The number of hydrogen-bond acceptors (Lipinski definition) is 5. The molecule has 2 aromatic carbocycles. The van der Waals surface area contributed by atoms with Crippen LogP contribution in [0.25, 0.3) is 0 Å². The summed E-state index contributed by atoms with van der Waals surface area (Å²) in [5.41, 5.74) is 7.37. The fourth-order valence-corrected chi connectivity index (χ4v) is 4.41. The van der Waals surface area contributed by atoms with Gasteiger partial charge in [-0.3, -0.25) is 9.59 Å². The molecule has 0 saturated heterocycles. The third kappa shape index (κ3) is 4.73. The second-order valence-electron chi connectivity index (χ2n) is 6.67. The van der Waals surface area contributed by atoms with Gasteiger partial charge in [-0.25, -0.2) is 4.99 Å². The molecule has 0 radical (unpaired) electrons. The van der Waals surface area contributed by atoms with Crippen LogP contribution in [0.4, 0.5) is 5.69 Å². The first-order valence-electron chi connectivity index (χ1n) is 9.13. The number of amides is 2. The molecule has 8 heteroatoms. The van der Waals surface area contributed by atoms with Crippen molar-refractivity contribution in [1.82, 2.24) is 0 Å². The zero-order valence-electron chi connectivity index (χ0n) is 16.1. The van der Waals surface area contributed by atoms with E-state index in [1.165, 1.54) is 0 Å². The lowest BCUT2D eigenvalue weighted by molar-refractivity contribution is -0.118. The van der Waals surface area contributed by atoms with Crippen LogP contribution < -0.4 is 11.1 Å². The topological polar surface area (TPSA) is 108 Å². The van der Waals surface area contributed by atoms with E-state index in [0.29, 0.717) is 27.0 Å². The first-order chi connectivity index (χ1) is 14.4. The van der Waals surface area contributed by atoms with Crippen LogP contribution in [0.2, 0.25) is 5.02 Å². The SMILES string of the molecule is CC1=NC(SCC(N)=O)=C(C#N)[C@H](c2ccccc2Cl)C1C(=O)Nc1ccccc1. The third-order valence-electron chi connectivity index (χ3n) is 4.64. The number of aliphatic imine (C=N–C) groups is 1. The minimum Gasteiger partial charge on any atom is -0.369 e. The maximum atomic E-state index is 13.3. The van der Waals surface area contributed by atoms with Gasteiger partial charge in [-0.05, 0) is 30.7 Å². The summed E-state index contributed by atoms with van der Waals surface area (Å²) < 4.78 is 0. The summed E-state index contributed by atoms with van der Waals surface area (Å²) in [6.07, 6.45) is 0. The molecule has 2 amide bonds. The molecule has 3 N–H and O–H groups in total. The highest BCUT2D eigenvalue weighted by molar-refractivity contribution is 8.03. The zero-order chi connectivity index (χ0) is 21.7. The summed E-state index contributed by atoms with van der Waals surface area (Å²) in [4.78, 5) is 29.0. The number of para-hydroxylation sites is 1. The Morgan fingerprint density at radius 1 is 1.20 bits per heavy atom. The predicted octanol–water partition coefficient (Wildman–Crippen LogP) is 4.11. The van der Waals surface area contributed by atoms with Gasteiger partial charge in [-0.2, -0.15) is 5.26 Å². The first-order valence-corrected chi connectivity index (χ1v) is 10.5. The largest absolute Gasteiger partial charge is 0.369 e. The van der Waals surface area contributed by atoms with Crippen molar-refractivity contribution in [3.63, 3.8) is 0 Å². The van der Waals surface area contributed by atoms with Gasteiger partial charge in [0.2, 0.25) is 11.8 Å². The highest BCUT2D eigenvalue weighted by Crippen LogP contribution is 2.44. The summed E-state index contributed by atoms with van der Waals surface area (Å²) in [5.74, 6) is -2.21. The number of allylic oxidation sites excluding steroid dienone is 1. The minimum atomic E-state index is -0.738. The molecule has 6 nitrogen and oxygen atoms in total. The van der Waals surface area contributed by atoms with E-state index in [4.69, 9.17) is 17.3 Å². The Kier molecular flexibility index (Phi) is 6.93. The normalized spacial score (nSPS) is 18.4. The highest BCUT2D eigenvalue weighted by atomic mass is 35.5. The number of anilines is 1. The molecule has 30 heavy (non-hydrogen) atoms. The third-order valence-corrected chi connectivity index (χ3v) is 6.00. The first kappa shape index (κ1) is 21.6. The Morgan fingerprint density at radius 3 is 2.50 bits per heavy atom. The van der Waals surface area contributed by atoms with Crippen molar-refractivity contribution < 1.29 is 9.59 Å². The van der Waals surface area contributed by atoms with Gasteiger partial charge in [-0.1, -0.05) is 59.8 Å². The smallest absolute Gasteiger partial charge is 0.234 e. The number of thioether (sulfide) groups is 1. The number of primary amides is 1. The van der Waals surface area contributed by atoms with E-state index in [1.54, 1.807) is 43.3 Å². The van der Waals surface area contributed by atoms with E-state index in [-0.39, 0.29) is 17.2 Å². The number of nitrogens with two attached hydrogens (primary N) is 1. The van der Waals surface area contributed by atoms with Crippen molar-refractivity contribution in [3.05, 3.63) is 75.8 Å². The Morgan fingerprint density at radius 2 is 1.87 bits per heavy atom. The summed E-state index contributed by atoms with van der Waals surface area (Å²) in [5, 5.41) is 13.7. The lowest BCUT2D eigenvalue weighted by atomic mass is 9.76. The fraction of sp³-hybridized carbons (Fsp3) is 0.182.